The Morgan fingerprint density at radius 2 is 2.19 bits per heavy atom. The van der Waals surface area contributed by atoms with E-state index >= 15 is 0 Å². The molecule has 0 fully saturated rings. The Hall–Kier alpha value is -2.40. The Kier molecular flexibility index (Phi) is 3.35. The molecule has 6 heteroatoms. The number of H-pyrrole nitrogens is 1. The molecule has 0 radical (unpaired) electrons. The predicted molar refractivity (Wildman–Crippen MR) is 80.8 cm³/mol. The first-order chi connectivity index (χ1) is 10.1. The number of nitrogens with one attached hydrogen (secondary N) is 1. The average Bonchev–Trinajstić information content (AvgIpc) is 2.47. The van der Waals surface area contributed by atoms with Crippen LogP contribution in [0.5, 0.6) is 0 Å². The van der Waals surface area contributed by atoms with Gasteiger partial charge in [-0.3, -0.25) is 9.78 Å². The number of aromatic nitrogens is 2. The molecule has 0 spiro atoms. The Bertz CT molecular complexity index is 918. The number of ether oxygens (including phenoxy) is 1. The van der Waals surface area contributed by atoms with Gasteiger partial charge >= 0.3 is 5.97 Å². The summed E-state index contributed by atoms with van der Waals surface area (Å²) >= 11 is 5.99. The zero-order chi connectivity index (χ0) is 15.0. The van der Waals surface area contributed by atoms with Crippen LogP contribution in [-0.2, 0) is 4.74 Å². The Morgan fingerprint density at radius 1 is 1.38 bits per heavy atom. The molecule has 5 nitrogen and oxygen atoms in total. The van der Waals surface area contributed by atoms with E-state index in [4.69, 9.17) is 16.3 Å². The van der Waals surface area contributed by atoms with Crippen molar-refractivity contribution in [2.24, 2.45) is 0 Å². The fourth-order valence-corrected chi connectivity index (χ4v) is 2.36. The molecule has 0 aliphatic heterocycles. The topological polar surface area (TPSA) is 72.0 Å². The predicted octanol–water partition coefficient (Wildman–Crippen LogP) is 2.91. The maximum atomic E-state index is 12.1. The van der Waals surface area contributed by atoms with Gasteiger partial charge in [-0.1, -0.05) is 11.6 Å². The summed E-state index contributed by atoms with van der Waals surface area (Å²) in [5, 5.41) is 1.92. The van der Waals surface area contributed by atoms with Gasteiger partial charge in [-0.15, -0.1) is 0 Å². The van der Waals surface area contributed by atoms with Crippen molar-refractivity contribution in [1.29, 1.82) is 0 Å². The summed E-state index contributed by atoms with van der Waals surface area (Å²) in [7, 11) is 0. The zero-order valence-electron chi connectivity index (χ0n) is 11.1. The van der Waals surface area contributed by atoms with Crippen LogP contribution in [0.4, 0.5) is 0 Å². The van der Waals surface area contributed by atoms with Gasteiger partial charge in [0.2, 0.25) is 0 Å². The highest BCUT2D eigenvalue weighted by molar-refractivity contribution is 6.31. The first-order valence-corrected chi connectivity index (χ1v) is 6.76. The van der Waals surface area contributed by atoms with Gasteiger partial charge in [0.05, 0.1) is 17.6 Å². The van der Waals surface area contributed by atoms with E-state index in [2.05, 4.69) is 9.97 Å². The number of rotatable bonds is 2. The second-order valence-corrected chi connectivity index (χ2v) is 4.92. The number of hydrogen-bond donors (Lipinski definition) is 1. The summed E-state index contributed by atoms with van der Waals surface area (Å²) in [6.07, 6.45) is 1.60. The van der Waals surface area contributed by atoms with E-state index in [1.165, 1.54) is 6.07 Å². The van der Waals surface area contributed by atoms with E-state index in [9.17, 15) is 9.59 Å². The van der Waals surface area contributed by atoms with Crippen LogP contribution in [0.3, 0.4) is 0 Å². The molecule has 0 unspecified atom stereocenters. The minimum atomic E-state index is -0.646. The van der Waals surface area contributed by atoms with Crippen LogP contribution in [0.2, 0.25) is 5.02 Å². The summed E-state index contributed by atoms with van der Waals surface area (Å²) in [6, 6.07) is 6.72. The van der Waals surface area contributed by atoms with Crippen LogP contribution in [0.25, 0.3) is 21.8 Å². The first-order valence-electron chi connectivity index (χ1n) is 6.38. The van der Waals surface area contributed by atoms with E-state index in [-0.39, 0.29) is 12.2 Å². The van der Waals surface area contributed by atoms with Crippen LogP contribution in [-0.4, -0.2) is 22.5 Å². The molecule has 0 saturated carbocycles. The van der Waals surface area contributed by atoms with Crippen LogP contribution < -0.4 is 5.56 Å². The van der Waals surface area contributed by atoms with Gasteiger partial charge in [-0.25, -0.2) is 4.79 Å². The van der Waals surface area contributed by atoms with Crippen molar-refractivity contribution in [2.75, 3.05) is 6.61 Å². The summed E-state index contributed by atoms with van der Waals surface area (Å²) < 4.78 is 4.86. The highest BCUT2D eigenvalue weighted by Gasteiger charge is 2.14. The van der Waals surface area contributed by atoms with Gasteiger partial charge in [-0.2, -0.15) is 0 Å². The molecule has 2 heterocycles. The summed E-state index contributed by atoms with van der Waals surface area (Å²) in [5.74, 6) is -0.646. The van der Waals surface area contributed by atoms with Gasteiger partial charge in [0.1, 0.15) is 5.56 Å². The number of nitrogens with zero attached hydrogens (tertiary/aromatic N) is 1. The van der Waals surface area contributed by atoms with Crippen LogP contribution in [0.15, 0.2) is 35.3 Å². The zero-order valence-corrected chi connectivity index (χ0v) is 11.9. The monoisotopic (exact) mass is 302 g/mol. The lowest BCUT2D eigenvalue weighted by molar-refractivity contribution is 0.0524. The van der Waals surface area contributed by atoms with Gasteiger partial charge in [0.25, 0.3) is 5.56 Å². The second kappa shape index (κ2) is 5.18. The van der Waals surface area contributed by atoms with Gasteiger partial charge in [0, 0.05) is 22.0 Å². The molecular weight excluding hydrogens is 292 g/mol. The van der Waals surface area contributed by atoms with Crippen molar-refractivity contribution in [1.82, 2.24) is 9.97 Å². The number of carbonyl (C=O) groups is 1. The minimum Gasteiger partial charge on any atom is -0.462 e. The third-order valence-corrected chi connectivity index (χ3v) is 3.37. The quantitative estimate of drug-likeness (QED) is 0.583. The van der Waals surface area contributed by atoms with E-state index in [0.717, 1.165) is 5.39 Å². The number of fused-ring (bicyclic) bond motifs is 3. The van der Waals surface area contributed by atoms with E-state index in [1.807, 2.05) is 0 Å². The maximum Gasteiger partial charge on any atom is 0.343 e. The molecule has 0 saturated heterocycles. The highest BCUT2D eigenvalue weighted by atomic mass is 35.5. The first kappa shape index (κ1) is 13.6. The standard InChI is InChI=1S/C15H11ClN2O3/c1-2-21-15(20)11-5-8-7-17-12-4-3-9(16)6-10(12)13(8)18-14(11)19/h3-7H,2H2,1H3,(H,18,19). The molecule has 106 valence electrons. The Morgan fingerprint density at radius 3 is 2.95 bits per heavy atom. The number of carbonyl (C=O) groups excluding carboxylic acids is 1. The lowest BCUT2D eigenvalue weighted by atomic mass is 10.1. The third-order valence-electron chi connectivity index (χ3n) is 3.14. The van der Waals surface area contributed by atoms with Gasteiger partial charge in [-0.05, 0) is 31.2 Å². The fourth-order valence-electron chi connectivity index (χ4n) is 2.19. The molecule has 3 aromatic rings. The molecule has 21 heavy (non-hydrogen) atoms. The molecule has 2 aromatic heterocycles. The summed E-state index contributed by atoms with van der Waals surface area (Å²) in [5.41, 5.74) is 0.785. The summed E-state index contributed by atoms with van der Waals surface area (Å²) in [6.45, 7) is 1.89. The van der Waals surface area contributed by atoms with Crippen molar-refractivity contribution in [2.45, 2.75) is 6.92 Å². The van der Waals surface area contributed by atoms with Crippen molar-refractivity contribution < 1.29 is 9.53 Å². The van der Waals surface area contributed by atoms with Crippen LogP contribution >= 0.6 is 11.6 Å². The largest absolute Gasteiger partial charge is 0.462 e. The van der Waals surface area contributed by atoms with E-state index in [0.29, 0.717) is 21.4 Å². The lowest BCUT2D eigenvalue weighted by Crippen LogP contribution is -2.19. The number of hydrogen-bond acceptors (Lipinski definition) is 4. The van der Waals surface area contributed by atoms with Crippen molar-refractivity contribution in [3.63, 3.8) is 0 Å². The second-order valence-electron chi connectivity index (χ2n) is 4.48. The van der Waals surface area contributed by atoms with Crippen molar-refractivity contribution in [3.05, 3.63) is 51.4 Å². The number of esters is 1. The van der Waals surface area contributed by atoms with Crippen molar-refractivity contribution >= 4 is 39.4 Å². The molecule has 0 aliphatic rings. The van der Waals surface area contributed by atoms with Gasteiger partial charge < -0.3 is 9.72 Å². The molecule has 0 atom stereocenters. The normalized spacial score (nSPS) is 11.0. The number of benzene rings is 1. The lowest BCUT2D eigenvalue weighted by Gasteiger charge is -2.06. The molecule has 1 N–H and O–H groups in total. The number of halogens is 1. The molecule has 0 aliphatic carbocycles. The maximum absolute atomic E-state index is 12.1. The van der Waals surface area contributed by atoms with E-state index in [1.54, 1.807) is 31.3 Å². The van der Waals surface area contributed by atoms with Crippen LogP contribution in [0, 0.1) is 0 Å². The fraction of sp³-hybridized carbons (Fsp3) is 0.133. The summed E-state index contributed by atoms with van der Waals surface area (Å²) in [4.78, 5) is 30.8. The minimum absolute atomic E-state index is 0.0347. The molecular formula is C15H11ClN2O3. The Labute approximate surface area is 124 Å². The highest BCUT2D eigenvalue weighted by Crippen LogP contribution is 2.24. The smallest absolute Gasteiger partial charge is 0.343 e. The third kappa shape index (κ3) is 2.36. The van der Waals surface area contributed by atoms with Crippen LogP contribution in [0.1, 0.15) is 17.3 Å². The van der Waals surface area contributed by atoms with E-state index < -0.39 is 11.5 Å². The Balaban J connectivity index is 2.31. The van der Waals surface area contributed by atoms with Crippen molar-refractivity contribution in [3.8, 4) is 0 Å². The number of pyridine rings is 2. The number of aromatic amines is 1. The molecule has 1 aromatic carbocycles. The van der Waals surface area contributed by atoms with Gasteiger partial charge in [0.15, 0.2) is 0 Å². The molecule has 3 rings (SSSR count). The average molecular weight is 303 g/mol. The molecule has 0 amide bonds. The molecule has 0 bridgehead atoms. The SMILES string of the molecule is CCOC(=O)c1cc2cnc3ccc(Cl)cc3c2[nH]c1=O.